The second-order valence-corrected chi connectivity index (χ2v) is 7.36. The van der Waals surface area contributed by atoms with Crippen molar-refractivity contribution in [2.75, 3.05) is 0 Å². The molecule has 0 bridgehead atoms. The predicted octanol–water partition coefficient (Wildman–Crippen LogP) is 3.11. The van der Waals surface area contributed by atoms with Crippen LogP contribution < -0.4 is 5.32 Å². The van der Waals surface area contributed by atoms with Gasteiger partial charge in [0.15, 0.2) is 5.60 Å². The summed E-state index contributed by atoms with van der Waals surface area (Å²) < 4.78 is 11.1. The van der Waals surface area contributed by atoms with E-state index in [4.69, 9.17) is 9.47 Å². The molecule has 1 aliphatic heterocycles. The first kappa shape index (κ1) is 17.9. The number of halogens is 2. The first-order valence-corrected chi connectivity index (χ1v) is 8.99. The highest BCUT2D eigenvalue weighted by Gasteiger charge is 2.47. The Labute approximate surface area is 160 Å². The fraction of sp³-hybridized carbons (Fsp3) is 0.235. The predicted molar refractivity (Wildman–Crippen MR) is 96.0 cm³/mol. The molecule has 8 heteroatoms. The summed E-state index contributed by atoms with van der Waals surface area (Å²) in [4.78, 5) is 35.8. The number of carbonyl (C=O) groups excluding carboxylic acids is 3. The van der Waals surface area contributed by atoms with E-state index in [-0.39, 0.29) is 18.8 Å². The largest absolute Gasteiger partial charge is 0.449 e. The lowest BCUT2D eigenvalue weighted by atomic mass is 9.93. The number of esters is 1. The number of amides is 1. The monoisotopic (exact) mass is 469 g/mol. The number of hydrogen-bond donors (Lipinski definition) is 1. The van der Waals surface area contributed by atoms with E-state index in [0.29, 0.717) is 8.96 Å². The van der Waals surface area contributed by atoms with Crippen LogP contribution in [0.5, 0.6) is 0 Å². The van der Waals surface area contributed by atoms with Crippen molar-refractivity contribution in [1.82, 2.24) is 5.32 Å². The summed E-state index contributed by atoms with van der Waals surface area (Å²) in [5, 5.41) is 2.50. The van der Waals surface area contributed by atoms with Gasteiger partial charge in [-0.05, 0) is 49.6 Å². The van der Waals surface area contributed by atoms with Crippen LogP contribution in [0.3, 0.4) is 0 Å². The summed E-state index contributed by atoms with van der Waals surface area (Å²) in [6.07, 6.45) is 2.51. The molecule has 0 radical (unpaired) electrons. The molecule has 1 aromatic carbocycles. The summed E-state index contributed by atoms with van der Waals surface area (Å²) in [5.74, 6) is -0.820. The summed E-state index contributed by atoms with van der Waals surface area (Å²) in [7, 11) is 0. The molecule has 25 heavy (non-hydrogen) atoms. The fourth-order valence-electron chi connectivity index (χ4n) is 2.61. The van der Waals surface area contributed by atoms with Gasteiger partial charge in [0.1, 0.15) is 12.6 Å². The van der Waals surface area contributed by atoms with Crippen LogP contribution in [0.4, 0.5) is 4.79 Å². The minimum absolute atomic E-state index is 0.102. The standard InChI is InChI=1S/C17H13Br2NO5/c18-11-6-17(7-12(19)14(11)21)8-13(15(22)25-17)20-16(23)24-9-10-4-2-1-3-5-10/h1-7,13H,8-9H2,(H,20,23). The average molecular weight is 471 g/mol. The second kappa shape index (κ2) is 7.13. The zero-order chi connectivity index (χ0) is 18.0. The van der Waals surface area contributed by atoms with Gasteiger partial charge in [0.25, 0.3) is 0 Å². The molecule has 0 aromatic heterocycles. The van der Waals surface area contributed by atoms with Crippen molar-refractivity contribution < 1.29 is 23.9 Å². The van der Waals surface area contributed by atoms with Gasteiger partial charge in [0, 0.05) is 6.42 Å². The Balaban J connectivity index is 1.62. The van der Waals surface area contributed by atoms with Crippen LogP contribution >= 0.6 is 31.9 Å². The molecule has 1 atom stereocenters. The first-order chi connectivity index (χ1) is 11.9. The van der Waals surface area contributed by atoms with Crippen molar-refractivity contribution in [3.63, 3.8) is 0 Å². The van der Waals surface area contributed by atoms with Crippen LogP contribution in [0.2, 0.25) is 0 Å². The lowest BCUT2D eigenvalue weighted by molar-refractivity contribution is -0.144. The fourth-order valence-corrected chi connectivity index (χ4v) is 4.08. The van der Waals surface area contributed by atoms with E-state index in [9.17, 15) is 14.4 Å². The number of hydrogen-bond acceptors (Lipinski definition) is 5. The van der Waals surface area contributed by atoms with E-state index in [1.165, 1.54) is 12.2 Å². The minimum Gasteiger partial charge on any atom is -0.449 e. The maximum absolute atomic E-state index is 12.1. The normalized spacial score (nSPS) is 21.4. The van der Waals surface area contributed by atoms with Crippen molar-refractivity contribution in [2.45, 2.75) is 24.7 Å². The van der Waals surface area contributed by atoms with Crippen molar-refractivity contribution >= 4 is 49.7 Å². The zero-order valence-electron chi connectivity index (χ0n) is 12.8. The van der Waals surface area contributed by atoms with Crippen LogP contribution in [0.15, 0.2) is 51.4 Å². The second-order valence-electron chi connectivity index (χ2n) is 5.65. The van der Waals surface area contributed by atoms with Gasteiger partial charge >= 0.3 is 12.1 Å². The molecule has 1 saturated heterocycles. The Hall–Kier alpha value is -1.93. The van der Waals surface area contributed by atoms with Crippen LogP contribution in [0.25, 0.3) is 0 Å². The number of ketones is 1. The number of benzene rings is 1. The van der Waals surface area contributed by atoms with Gasteiger partial charge in [-0.2, -0.15) is 0 Å². The Bertz CT molecular complexity index is 765. The number of Topliss-reactive ketones (excluding diaryl/α,β-unsaturated/α-hetero) is 1. The highest BCUT2D eigenvalue weighted by atomic mass is 79.9. The van der Waals surface area contributed by atoms with E-state index in [0.717, 1.165) is 5.56 Å². The maximum Gasteiger partial charge on any atom is 0.408 e. The average Bonchev–Trinajstić information content (AvgIpc) is 2.86. The number of alkyl carbamates (subject to hydrolysis) is 1. The van der Waals surface area contributed by atoms with Crippen molar-refractivity contribution in [3.05, 3.63) is 57.0 Å². The Morgan fingerprint density at radius 1 is 1.20 bits per heavy atom. The van der Waals surface area contributed by atoms with Gasteiger partial charge in [-0.25, -0.2) is 9.59 Å². The van der Waals surface area contributed by atoms with Crippen LogP contribution in [-0.4, -0.2) is 29.5 Å². The molecular weight excluding hydrogens is 458 g/mol. The van der Waals surface area contributed by atoms with E-state index >= 15 is 0 Å². The molecular formula is C17H13Br2NO5. The van der Waals surface area contributed by atoms with Crippen molar-refractivity contribution in [2.24, 2.45) is 0 Å². The number of nitrogens with one attached hydrogen (secondary N) is 1. The third kappa shape index (κ3) is 4.01. The van der Waals surface area contributed by atoms with Gasteiger partial charge in [-0.3, -0.25) is 4.79 Å². The summed E-state index contributed by atoms with van der Waals surface area (Å²) >= 11 is 6.32. The SMILES string of the molecule is O=C(NC1CC2(C=C(Br)C(=O)C(Br)=C2)OC1=O)OCc1ccccc1. The molecule has 2 aliphatic rings. The van der Waals surface area contributed by atoms with E-state index < -0.39 is 23.7 Å². The number of rotatable bonds is 3. The molecule has 1 amide bonds. The van der Waals surface area contributed by atoms with Crippen LogP contribution in [-0.2, 0) is 25.7 Å². The highest BCUT2D eigenvalue weighted by molar-refractivity contribution is 9.13. The third-order valence-corrected chi connectivity index (χ3v) is 4.96. The lowest BCUT2D eigenvalue weighted by Gasteiger charge is -2.24. The van der Waals surface area contributed by atoms with Crippen molar-refractivity contribution in [1.29, 1.82) is 0 Å². The summed E-state index contributed by atoms with van der Waals surface area (Å²) in [6, 6.07) is 8.35. The highest BCUT2D eigenvalue weighted by Crippen LogP contribution is 2.38. The Morgan fingerprint density at radius 3 is 2.48 bits per heavy atom. The molecule has 130 valence electrons. The topological polar surface area (TPSA) is 81.7 Å². The molecule has 1 fully saturated rings. The van der Waals surface area contributed by atoms with Gasteiger partial charge in [-0.1, -0.05) is 30.3 Å². The van der Waals surface area contributed by atoms with Gasteiger partial charge in [0.05, 0.1) is 8.96 Å². The summed E-state index contributed by atoms with van der Waals surface area (Å²) in [6.45, 7) is 0.102. The maximum atomic E-state index is 12.1. The summed E-state index contributed by atoms with van der Waals surface area (Å²) in [5.41, 5.74) is -0.229. The molecule has 3 rings (SSSR count). The van der Waals surface area contributed by atoms with Crippen LogP contribution in [0.1, 0.15) is 12.0 Å². The number of ether oxygens (including phenoxy) is 2. The molecule has 1 heterocycles. The smallest absolute Gasteiger partial charge is 0.408 e. The molecule has 1 aromatic rings. The molecule has 1 N–H and O–H groups in total. The van der Waals surface area contributed by atoms with Crippen molar-refractivity contribution in [3.8, 4) is 0 Å². The molecule has 1 spiro atoms. The molecule has 0 saturated carbocycles. The Kier molecular flexibility index (Phi) is 5.10. The zero-order valence-corrected chi connectivity index (χ0v) is 16.0. The van der Waals surface area contributed by atoms with Crippen LogP contribution in [0, 0.1) is 0 Å². The van der Waals surface area contributed by atoms with E-state index in [1.807, 2.05) is 30.3 Å². The van der Waals surface area contributed by atoms with Gasteiger partial charge in [-0.15, -0.1) is 0 Å². The van der Waals surface area contributed by atoms with Gasteiger partial charge in [0.2, 0.25) is 5.78 Å². The molecule has 1 aliphatic carbocycles. The molecule has 1 unspecified atom stereocenters. The number of carbonyl (C=O) groups is 3. The third-order valence-electron chi connectivity index (χ3n) is 3.78. The van der Waals surface area contributed by atoms with E-state index in [2.05, 4.69) is 37.2 Å². The molecule has 6 nitrogen and oxygen atoms in total. The minimum atomic E-state index is -1.07. The van der Waals surface area contributed by atoms with E-state index in [1.54, 1.807) is 0 Å². The van der Waals surface area contributed by atoms with Gasteiger partial charge < -0.3 is 14.8 Å². The lowest BCUT2D eigenvalue weighted by Crippen LogP contribution is -2.38. The Morgan fingerprint density at radius 2 is 1.84 bits per heavy atom. The quantitative estimate of drug-likeness (QED) is 0.686. The number of allylic oxidation sites excluding steroid dienone is 2. The first-order valence-electron chi connectivity index (χ1n) is 7.40.